The number of carboxylic acid groups (broad SMARTS) is 1. The number of aromatic nitrogens is 1. The molecule has 0 aliphatic rings. The highest BCUT2D eigenvalue weighted by Gasteiger charge is 2.08. The summed E-state index contributed by atoms with van der Waals surface area (Å²) in [6.45, 7) is 1.46. The van der Waals surface area contributed by atoms with Crippen LogP contribution in [0.1, 0.15) is 18.7 Å². The number of rotatable bonds is 4. The molecule has 0 amide bonds. The van der Waals surface area contributed by atoms with E-state index in [0.29, 0.717) is 0 Å². The molecule has 1 heterocycles. The molecule has 4 nitrogen and oxygen atoms in total. The van der Waals surface area contributed by atoms with Crippen LogP contribution < -0.4 is 0 Å². The molecule has 1 aromatic heterocycles. The maximum absolute atomic E-state index is 10.2. The Kier molecular flexibility index (Phi) is 4.03. The molecule has 1 rings (SSSR count). The van der Waals surface area contributed by atoms with E-state index in [4.69, 9.17) is 9.84 Å². The van der Waals surface area contributed by atoms with Crippen LogP contribution in [0, 0.1) is 0 Å². The van der Waals surface area contributed by atoms with E-state index in [1.54, 1.807) is 19.2 Å². The van der Waals surface area contributed by atoms with Crippen molar-refractivity contribution in [2.45, 2.75) is 13.0 Å². The van der Waals surface area contributed by atoms with Crippen molar-refractivity contribution in [1.29, 1.82) is 0 Å². The van der Waals surface area contributed by atoms with Gasteiger partial charge in [0.25, 0.3) is 0 Å². The van der Waals surface area contributed by atoms with E-state index >= 15 is 0 Å². The zero-order chi connectivity index (χ0) is 10.6. The third kappa shape index (κ3) is 3.43. The number of hydrogen-bond acceptors (Lipinski definition) is 3. The predicted octanol–water partition coefficient (Wildman–Crippen LogP) is 2.01. The molecule has 0 radical (unpaired) electrons. The summed E-state index contributed by atoms with van der Waals surface area (Å²) < 4.78 is 5.93. The van der Waals surface area contributed by atoms with Gasteiger partial charge in [-0.05, 0) is 35.0 Å². The lowest BCUT2D eigenvalue weighted by molar-refractivity contribution is -0.144. The lowest BCUT2D eigenvalue weighted by Gasteiger charge is -2.10. The number of aliphatic carboxylic acids is 1. The largest absolute Gasteiger partial charge is 0.480 e. The van der Waals surface area contributed by atoms with Gasteiger partial charge in [0, 0.05) is 10.7 Å². The van der Waals surface area contributed by atoms with Crippen molar-refractivity contribution in [2.24, 2.45) is 0 Å². The van der Waals surface area contributed by atoms with Crippen molar-refractivity contribution in [3.8, 4) is 0 Å². The van der Waals surface area contributed by atoms with Gasteiger partial charge in [0.15, 0.2) is 0 Å². The van der Waals surface area contributed by atoms with Crippen LogP contribution in [0.5, 0.6) is 0 Å². The average molecular weight is 260 g/mol. The number of pyridine rings is 1. The van der Waals surface area contributed by atoms with Crippen LogP contribution >= 0.6 is 15.9 Å². The quantitative estimate of drug-likeness (QED) is 0.899. The van der Waals surface area contributed by atoms with Crippen LogP contribution in [-0.2, 0) is 9.53 Å². The lowest BCUT2D eigenvalue weighted by Crippen LogP contribution is -2.10. The smallest absolute Gasteiger partial charge is 0.329 e. The van der Waals surface area contributed by atoms with Crippen LogP contribution in [0.2, 0.25) is 0 Å². The molecular weight excluding hydrogens is 250 g/mol. The minimum absolute atomic E-state index is 0.306. The average Bonchev–Trinajstić information content (AvgIpc) is 2.15. The molecule has 0 bridgehead atoms. The van der Waals surface area contributed by atoms with E-state index in [-0.39, 0.29) is 12.7 Å². The third-order valence-corrected chi connectivity index (χ3v) is 2.09. The van der Waals surface area contributed by atoms with E-state index in [2.05, 4.69) is 20.9 Å². The minimum atomic E-state index is -0.978. The summed E-state index contributed by atoms with van der Waals surface area (Å²) >= 11 is 3.26. The molecule has 0 fully saturated rings. The van der Waals surface area contributed by atoms with Crippen LogP contribution in [0.3, 0.4) is 0 Å². The Morgan fingerprint density at radius 2 is 2.43 bits per heavy atom. The Hall–Kier alpha value is -0.940. The Bertz CT molecular complexity index is 312. The van der Waals surface area contributed by atoms with Crippen LogP contribution in [-0.4, -0.2) is 22.7 Å². The maximum Gasteiger partial charge on any atom is 0.329 e. The summed E-state index contributed by atoms with van der Waals surface area (Å²) in [6.07, 6.45) is 1.34. The fourth-order valence-electron chi connectivity index (χ4n) is 0.909. The molecule has 0 spiro atoms. The Morgan fingerprint density at radius 3 is 2.93 bits per heavy atom. The number of halogens is 1. The van der Waals surface area contributed by atoms with Crippen molar-refractivity contribution >= 4 is 21.9 Å². The first-order valence-corrected chi connectivity index (χ1v) is 4.83. The van der Waals surface area contributed by atoms with Crippen molar-refractivity contribution in [1.82, 2.24) is 4.98 Å². The molecule has 0 unspecified atom stereocenters. The van der Waals surface area contributed by atoms with Crippen molar-refractivity contribution in [3.05, 3.63) is 28.5 Å². The molecule has 0 aliphatic heterocycles. The van der Waals surface area contributed by atoms with Gasteiger partial charge in [-0.1, -0.05) is 0 Å². The Labute approximate surface area is 90.0 Å². The second kappa shape index (κ2) is 5.07. The van der Waals surface area contributed by atoms with Crippen LogP contribution in [0.15, 0.2) is 22.8 Å². The Morgan fingerprint density at radius 1 is 1.71 bits per heavy atom. The van der Waals surface area contributed by atoms with Gasteiger partial charge in [-0.2, -0.15) is 0 Å². The lowest BCUT2D eigenvalue weighted by atomic mass is 10.2. The molecule has 14 heavy (non-hydrogen) atoms. The molecule has 0 saturated heterocycles. The number of carbonyl (C=O) groups is 1. The van der Waals surface area contributed by atoms with E-state index in [1.807, 2.05) is 6.07 Å². The highest BCUT2D eigenvalue weighted by atomic mass is 79.9. The van der Waals surface area contributed by atoms with E-state index in [0.717, 1.165) is 10.2 Å². The molecule has 76 valence electrons. The monoisotopic (exact) mass is 259 g/mol. The summed E-state index contributed by atoms with van der Waals surface area (Å²) in [5.41, 5.74) is 0.717. The highest BCUT2D eigenvalue weighted by Crippen LogP contribution is 2.16. The first kappa shape index (κ1) is 11.1. The molecule has 1 N–H and O–H groups in total. The highest BCUT2D eigenvalue weighted by molar-refractivity contribution is 9.10. The van der Waals surface area contributed by atoms with Crippen molar-refractivity contribution in [3.63, 3.8) is 0 Å². The fourth-order valence-corrected chi connectivity index (χ4v) is 1.14. The van der Waals surface area contributed by atoms with E-state index < -0.39 is 5.97 Å². The standard InChI is InChI=1S/C9H10BrNO3/c1-6(14-5-9(12)13)8-3-2-7(10)4-11-8/h2-4,6H,5H2,1H3,(H,12,13)/t6-/m1/s1. The second-order valence-corrected chi connectivity index (χ2v) is 3.66. The first-order chi connectivity index (χ1) is 6.59. The van der Waals surface area contributed by atoms with Gasteiger partial charge < -0.3 is 9.84 Å². The third-order valence-electron chi connectivity index (χ3n) is 1.62. The minimum Gasteiger partial charge on any atom is -0.480 e. The summed E-state index contributed by atoms with van der Waals surface area (Å²) in [5.74, 6) is -0.978. The zero-order valence-corrected chi connectivity index (χ0v) is 9.19. The normalized spacial score (nSPS) is 12.4. The summed E-state index contributed by atoms with van der Waals surface area (Å²) in [4.78, 5) is 14.3. The fraction of sp³-hybridized carbons (Fsp3) is 0.333. The van der Waals surface area contributed by atoms with Gasteiger partial charge in [0.1, 0.15) is 6.61 Å². The summed E-state index contributed by atoms with van der Waals surface area (Å²) in [5, 5.41) is 8.40. The van der Waals surface area contributed by atoms with Crippen molar-refractivity contribution < 1.29 is 14.6 Å². The number of hydrogen-bond donors (Lipinski definition) is 1. The van der Waals surface area contributed by atoms with Crippen LogP contribution in [0.25, 0.3) is 0 Å². The van der Waals surface area contributed by atoms with Crippen LogP contribution in [0.4, 0.5) is 0 Å². The summed E-state index contributed by atoms with van der Waals surface area (Å²) in [7, 11) is 0. The number of nitrogens with zero attached hydrogens (tertiary/aromatic N) is 1. The maximum atomic E-state index is 10.2. The molecule has 1 aromatic rings. The van der Waals surface area contributed by atoms with Gasteiger partial charge in [-0.15, -0.1) is 0 Å². The predicted molar refractivity (Wildman–Crippen MR) is 53.9 cm³/mol. The Balaban J connectivity index is 2.56. The molecule has 0 aliphatic carbocycles. The van der Waals surface area contributed by atoms with E-state index in [9.17, 15) is 4.79 Å². The number of carboxylic acids is 1. The van der Waals surface area contributed by atoms with Gasteiger partial charge in [-0.3, -0.25) is 4.98 Å². The second-order valence-electron chi connectivity index (χ2n) is 2.75. The van der Waals surface area contributed by atoms with Gasteiger partial charge in [0.2, 0.25) is 0 Å². The number of ether oxygens (including phenoxy) is 1. The molecule has 1 atom stereocenters. The molecule has 0 aromatic carbocycles. The van der Waals surface area contributed by atoms with Crippen molar-refractivity contribution in [2.75, 3.05) is 6.61 Å². The van der Waals surface area contributed by atoms with Gasteiger partial charge >= 0.3 is 5.97 Å². The summed E-state index contributed by atoms with van der Waals surface area (Å²) in [6, 6.07) is 3.62. The molecule has 0 saturated carbocycles. The first-order valence-electron chi connectivity index (χ1n) is 4.04. The van der Waals surface area contributed by atoms with Gasteiger partial charge in [-0.25, -0.2) is 4.79 Å². The molecular formula is C9H10BrNO3. The topological polar surface area (TPSA) is 59.4 Å². The zero-order valence-electron chi connectivity index (χ0n) is 7.61. The van der Waals surface area contributed by atoms with Gasteiger partial charge in [0.05, 0.1) is 11.8 Å². The molecule has 5 heteroatoms. The SMILES string of the molecule is C[C@@H](OCC(=O)O)c1ccc(Br)cn1. The van der Waals surface area contributed by atoms with E-state index in [1.165, 1.54) is 0 Å².